The number of nitrogens with zero attached hydrogens (tertiary/aromatic N) is 4. The lowest BCUT2D eigenvalue weighted by molar-refractivity contribution is 0.386. The molecule has 9 nitrogen and oxygen atoms in total. The molecule has 1 unspecified atom stereocenters. The quantitative estimate of drug-likeness (QED) is 0.463. The number of pyridine rings is 1. The molecule has 0 amide bonds. The van der Waals surface area contributed by atoms with E-state index in [1.54, 1.807) is 12.3 Å². The summed E-state index contributed by atoms with van der Waals surface area (Å²) in [4.78, 5) is 8.47. The van der Waals surface area contributed by atoms with Crippen LogP contribution in [-0.2, 0) is 0 Å². The van der Waals surface area contributed by atoms with Gasteiger partial charge in [-0.3, -0.25) is 5.32 Å². The van der Waals surface area contributed by atoms with E-state index in [0.717, 1.165) is 0 Å². The Labute approximate surface area is 147 Å². The SMILES string of the molecule is COc1ccc(C2N=C(NC#N)Nc3nc(N)c(C#N)c(N)c32)cc1F. The number of benzene rings is 1. The first-order valence-corrected chi connectivity index (χ1v) is 7.32. The number of fused-ring (bicyclic) bond motifs is 1. The largest absolute Gasteiger partial charge is 0.494 e. The van der Waals surface area contributed by atoms with E-state index in [9.17, 15) is 9.65 Å². The van der Waals surface area contributed by atoms with Gasteiger partial charge in [-0.15, -0.1) is 0 Å². The van der Waals surface area contributed by atoms with Gasteiger partial charge >= 0.3 is 0 Å². The molecular formula is C16H13FN8O. The van der Waals surface area contributed by atoms with Crippen molar-refractivity contribution < 1.29 is 9.13 Å². The highest BCUT2D eigenvalue weighted by Gasteiger charge is 2.30. The molecule has 2 aromatic rings. The predicted molar refractivity (Wildman–Crippen MR) is 92.4 cm³/mol. The Bertz CT molecular complexity index is 1000. The molecule has 3 rings (SSSR count). The molecule has 130 valence electrons. The van der Waals surface area contributed by atoms with Crippen molar-refractivity contribution in [2.75, 3.05) is 23.9 Å². The molecule has 0 bridgehead atoms. The van der Waals surface area contributed by atoms with Crippen LogP contribution < -0.4 is 26.8 Å². The molecule has 1 aromatic carbocycles. The van der Waals surface area contributed by atoms with Crippen molar-refractivity contribution in [3.05, 3.63) is 40.7 Å². The van der Waals surface area contributed by atoms with Crippen molar-refractivity contribution in [3.8, 4) is 18.0 Å². The van der Waals surface area contributed by atoms with Crippen LogP contribution in [-0.4, -0.2) is 18.1 Å². The molecule has 0 aliphatic carbocycles. The molecule has 0 fully saturated rings. The second-order valence-electron chi connectivity index (χ2n) is 5.30. The van der Waals surface area contributed by atoms with Crippen molar-refractivity contribution in [1.29, 1.82) is 10.5 Å². The highest BCUT2D eigenvalue weighted by molar-refractivity contribution is 5.98. The minimum Gasteiger partial charge on any atom is -0.494 e. The van der Waals surface area contributed by atoms with Crippen molar-refractivity contribution in [2.24, 2.45) is 4.99 Å². The fourth-order valence-corrected chi connectivity index (χ4v) is 2.67. The van der Waals surface area contributed by atoms with Gasteiger partial charge in [-0.2, -0.15) is 10.5 Å². The molecule has 0 radical (unpaired) electrons. The molecule has 1 aliphatic rings. The number of nitriles is 2. The fraction of sp³-hybridized carbons (Fsp3) is 0.125. The van der Waals surface area contributed by atoms with E-state index >= 15 is 0 Å². The first-order valence-electron chi connectivity index (χ1n) is 7.32. The van der Waals surface area contributed by atoms with Gasteiger partial charge in [0.15, 0.2) is 17.8 Å². The van der Waals surface area contributed by atoms with E-state index in [1.165, 1.54) is 19.2 Å². The number of nitrogen functional groups attached to an aromatic ring is 2. The number of hydrogen-bond donors (Lipinski definition) is 4. The molecule has 10 heteroatoms. The second-order valence-corrected chi connectivity index (χ2v) is 5.30. The summed E-state index contributed by atoms with van der Waals surface area (Å²) in [6, 6.07) is 5.40. The van der Waals surface area contributed by atoms with Gasteiger partial charge in [0, 0.05) is 5.56 Å². The summed E-state index contributed by atoms with van der Waals surface area (Å²) in [5.41, 5.74) is 12.8. The number of nitrogens with one attached hydrogen (secondary N) is 2. The third kappa shape index (κ3) is 2.65. The third-order valence-electron chi connectivity index (χ3n) is 3.85. The minimum absolute atomic E-state index is 0.0106. The molecule has 0 saturated heterocycles. The van der Waals surface area contributed by atoms with Gasteiger partial charge in [-0.1, -0.05) is 6.07 Å². The first-order chi connectivity index (χ1) is 12.5. The van der Waals surface area contributed by atoms with Crippen LogP contribution in [0.2, 0.25) is 0 Å². The summed E-state index contributed by atoms with van der Waals surface area (Å²) in [5, 5.41) is 23.3. The molecule has 6 N–H and O–H groups in total. The summed E-state index contributed by atoms with van der Waals surface area (Å²) >= 11 is 0. The van der Waals surface area contributed by atoms with Crippen molar-refractivity contribution >= 4 is 23.3 Å². The maximum absolute atomic E-state index is 14.2. The standard InChI is InChI=1S/C16H13FN8O/c1-26-10-3-2-7(4-9(10)17)13-11-12(20)8(5-18)14(21)24-15(11)25-16(23-13)22-6-19/h2-4,13H,1H3,(H6,20,21,22,23,24,25). The maximum atomic E-state index is 14.2. The summed E-state index contributed by atoms with van der Waals surface area (Å²) in [6.45, 7) is 0. The number of ether oxygens (including phenoxy) is 1. The van der Waals surface area contributed by atoms with E-state index < -0.39 is 11.9 Å². The summed E-state index contributed by atoms with van der Waals surface area (Å²) in [7, 11) is 1.36. The van der Waals surface area contributed by atoms with Crippen molar-refractivity contribution in [3.63, 3.8) is 0 Å². The van der Waals surface area contributed by atoms with Gasteiger partial charge in [-0.05, 0) is 17.7 Å². The number of nitrogens with two attached hydrogens (primary N) is 2. The Morgan fingerprint density at radius 1 is 1.35 bits per heavy atom. The zero-order chi connectivity index (χ0) is 18.8. The van der Waals surface area contributed by atoms with Crippen LogP contribution in [0.1, 0.15) is 22.7 Å². The second kappa shape index (κ2) is 6.45. The van der Waals surface area contributed by atoms with Crippen LogP contribution in [0, 0.1) is 28.6 Å². The molecule has 1 aromatic heterocycles. The zero-order valence-electron chi connectivity index (χ0n) is 13.5. The van der Waals surface area contributed by atoms with Crippen molar-refractivity contribution in [2.45, 2.75) is 6.04 Å². The summed E-state index contributed by atoms with van der Waals surface area (Å²) in [6.07, 6.45) is 1.74. The van der Waals surface area contributed by atoms with Crippen LogP contribution in [0.3, 0.4) is 0 Å². The molecule has 0 spiro atoms. The van der Waals surface area contributed by atoms with Crippen molar-refractivity contribution in [1.82, 2.24) is 10.3 Å². The number of halogens is 1. The lowest BCUT2D eigenvalue weighted by Crippen LogP contribution is -2.32. The number of guanidine groups is 1. The molecule has 1 aliphatic heterocycles. The van der Waals surface area contributed by atoms with E-state index in [0.29, 0.717) is 11.1 Å². The van der Waals surface area contributed by atoms with Gasteiger partial charge < -0.3 is 21.5 Å². The smallest absolute Gasteiger partial charge is 0.211 e. The van der Waals surface area contributed by atoms with Crippen LogP contribution in [0.15, 0.2) is 23.2 Å². The average molecular weight is 352 g/mol. The van der Waals surface area contributed by atoms with Crippen LogP contribution in [0.4, 0.5) is 21.7 Å². The molecule has 1 atom stereocenters. The van der Waals surface area contributed by atoms with Crippen LogP contribution >= 0.6 is 0 Å². The van der Waals surface area contributed by atoms with E-state index in [4.69, 9.17) is 21.5 Å². The topological polar surface area (TPSA) is 158 Å². The Hall–Kier alpha value is -4.05. The van der Waals surface area contributed by atoms with E-state index in [-0.39, 0.29) is 34.6 Å². The Balaban J connectivity index is 2.23. The number of hydrogen-bond acceptors (Lipinski definition) is 9. The monoisotopic (exact) mass is 352 g/mol. The maximum Gasteiger partial charge on any atom is 0.211 e. The normalized spacial score (nSPS) is 14.9. The summed E-state index contributed by atoms with van der Waals surface area (Å²) < 4.78 is 19.1. The highest BCUT2D eigenvalue weighted by Crippen LogP contribution is 2.41. The Kier molecular flexibility index (Phi) is 4.17. The van der Waals surface area contributed by atoms with Crippen LogP contribution in [0.25, 0.3) is 0 Å². The van der Waals surface area contributed by atoms with Gasteiger partial charge in [0.25, 0.3) is 0 Å². The number of anilines is 3. The zero-order valence-corrected chi connectivity index (χ0v) is 13.5. The number of methoxy groups -OCH3 is 1. The summed E-state index contributed by atoms with van der Waals surface area (Å²) in [5.74, 6) is -0.250. The lowest BCUT2D eigenvalue weighted by Gasteiger charge is -2.26. The number of rotatable bonds is 2. The molecular weight excluding hydrogens is 339 g/mol. The third-order valence-corrected chi connectivity index (χ3v) is 3.85. The van der Waals surface area contributed by atoms with E-state index in [2.05, 4.69) is 20.6 Å². The molecule has 26 heavy (non-hydrogen) atoms. The average Bonchev–Trinajstić information content (AvgIpc) is 2.61. The van der Waals surface area contributed by atoms with E-state index in [1.807, 2.05) is 6.07 Å². The molecule has 2 heterocycles. The fourth-order valence-electron chi connectivity index (χ4n) is 2.67. The number of aliphatic imine (C=N–C) groups is 1. The Morgan fingerprint density at radius 2 is 2.12 bits per heavy atom. The minimum atomic E-state index is -0.803. The van der Waals surface area contributed by atoms with Gasteiger partial charge in [-0.25, -0.2) is 14.4 Å². The highest BCUT2D eigenvalue weighted by atomic mass is 19.1. The van der Waals surface area contributed by atoms with Gasteiger partial charge in [0.05, 0.1) is 12.8 Å². The predicted octanol–water partition coefficient (Wildman–Crippen LogP) is 1.21. The first kappa shape index (κ1) is 16.8. The lowest BCUT2D eigenvalue weighted by atomic mass is 9.95. The Morgan fingerprint density at radius 3 is 2.73 bits per heavy atom. The van der Waals surface area contributed by atoms with Gasteiger partial charge in [0.2, 0.25) is 5.96 Å². The number of aromatic nitrogens is 1. The molecule has 0 saturated carbocycles. The van der Waals surface area contributed by atoms with Gasteiger partial charge in [0.1, 0.15) is 29.3 Å². The van der Waals surface area contributed by atoms with Crippen LogP contribution in [0.5, 0.6) is 5.75 Å².